The maximum Gasteiger partial charge on any atom is 0.416 e. The van der Waals surface area contributed by atoms with E-state index in [1.54, 1.807) is 6.07 Å². The summed E-state index contributed by atoms with van der Waals surface area (Å²) < 4.78 is 52.8. The summed E-state index contributed by atoms with van der Waals surface area (Å²) in [6.07, 6.45) is 9.50. The smallest absolute Gasteiger partial charge is 0.207 e. The number of benzene rings is 2. The van der Waals surface area contributed by atoms with Crippen molar-refractivity contribution < 1.29 is 17.6 Å². The lowest BCUT2D eigenvalue weighted by molar-refractivity contribution is -0.137. The van der Waals surface area contributed by atoms with E-state index in [-0.39, 0.29) is 5.82 Å². The summed E-state index contributed by atoms with van der Waals surface area (Å²) in [5.41, 5.74) is 1.87. The van der Waals surface area contributed by atoms with Crippen LogP contribution in [0.1, 0.15) is 99.3 Å². The van der Waals surface area contributed by atoms with E-state index >= 15 is 0 Å². The van der Waals surface area contributed by atoms with Crippen LogP contribution in [0.4, 0.5) is 17.6 Å². The Morgan fingerprint density at radius 3 is 2.12 bits per heavy atom. The van der Waals surface area contributed by atoms with Crippen LogP contribution in [0, 0.1) is 11.7 Å². The molecular weight excluding hydrogens is 412 g/mol. The lowest BCUT2D eigenvalue weighted by atomic mass is 9.77. The van der Waals surface area contributed by atoms with Gasteiger partial charge in [0.25, 0.3) is 0 Å². The largest absolute Gasteiger partial charge is 0.416 e. The van der Waals surface area contributed by atoms with Crippen LogP contribution in [-0.4, -0.2) is 0 Å². The lowest BCUT2D eigenvalue weighted by Gasteiger charge is -2.29. The van der Waals surface area contributed by atoms with Gasteiger partial charge in [0.15, 0.2) is 0 Å². The van der Waals surface area contributed by atoms with E-state index in [1.807, 2.05) is 6.07 Å². The minimum Gasteiger partial charge on any atom is -0.207 e. The van der Waals surface area contributed by atoms with Crippen LogP contribution in [0.15, 0.2) is 42.5 Å². The third-order valence-corrected chi connectivity index (χ3v) is 7.08. The van der Waals surface area contributed by atoms with Crippen molar-refractivity contribution in [3.05, 3.63) is 70.5 Å². The Morgan fingerprint density at radius 1 is 0.812 bits per heavy atom. The number of hydrogen-bond acceptors (Lipinski definition) is 0. The van der Waals surface area contributed by atoms with Gasteiger partial charge in [0.1, 0.15) is 5.82 Å². The van der Waals surface area contributed by atoms with Crippen molar-refractivity contribution in [3.63, 3.8) is 0 Å². The van der Waals surface area contributed by atoms with E-state index in [1.165, 1.54) is 63.5 Å². The monoisotopic (exact) mass is 448 g/mol. The van der Waals surface area contributed by atoms with E-state index in [4.69, 9.17) is 0 Å². The molecule has 2 aromatic carbocycles. The molecule has 0 saturated heterocycles. The van der Waals surface area contributed by atoms with Gasteiger partial charge in [0, 0.05) is 0 Å². The van der Waals surface area contributed by atoms with Gasteiger partial charge in [-0.25, -0.2) is 4.39 Å². The molecule has 3 rings (SSSR count). The number of unbranched alkanes of at least 4 members (excludes halogenated alkanes) is 4. The van der Waals surface area contributed by atoms with E-state index < -0.39 is 11.7 Å². The highest BCUT2D eigenvalue weighted by molar-refractivity contribution is 5.30. The van der Waals surface area contributed by atoms with Crippen LogP contribution in [0.25, 0.3) is 0 Å². The third kappa shape index (κ3) is 7.35. The standard InChI is InChI=1S/C28H36F4/c1-2-3-4-5-6-7-21-8-13-23(14-9-21)25-17-16-24(27(29)20-25)15-10-22-11-18-26(19-12-22)28(30,31)32/h11-12,16-21,23H,2-10,13-15H2,1H3. The Bertz CT molecular complexity index is 814. The summed E-state index contributed by atoms with van der Waals surface area (Å²) in [7, 11) is 0. The summed E-state index contributed by atoms with van der Waals surface area (Å²) in [6, 6.07) is 10.8. The van der Waals surface area contributed by atoms with E-state index in [2.05, 4.69) is 13.0 Å². The average molecular weight is 449 g/mol. The second-order valence-electron chi connectivity index (χ2n) is 9.47. The van der Waals surface area contributed by atoms with Gasteiger partial charge in [-0.2, -0.15) is 13.2 Å². The molecule has 1 saturated carbocycles. The number of halogens is 4. The predicted molar refractivity (Wildman–Crippen MR) is 123 cm³/mol. The molecule has 0 radical (unpaired) electrons. The van der Waals surface area contributed by atoms with Crippen molar-refractivity contribution >= 4 is 0 Å². The van der Waals surface area contributed by atoms with Crippen molar-refractivity contribution in [1.82, 2.24) is 0 Å². The molecule has 32 heavy (non-hydrogen) atoms. The average Bonchev–Trinajstić information content (AvgIpc) is 2.78. The minimum absolute atomic E-state index is 0.188. The predicted octanol–water partition coefficient (Wildman–Crippen LogP) is 9.26. The zero-order valence-corrected chi connectivity index (χ0v) is 19.2. The summed E-state index contributed by atoms with van der Waals surface area (Å²) in [5.74, 6) is 1.10. The van der Waals surface area contributed by atoms with E-state index in [0.717, 1.165) is 42.0 Å². The van der Waals surface area contributed by atoms with Gasteiger partial charge >= 0.3 is 6.18 Å². The molecule has 176 valence electrons. The molecule has 2 aromatic rings. The second-order valence-corrected chi connectivity index (χ2v) is 9.47. The van der Waals surface area contributed by atoms with Gasteiger partial charge in [0.2, 0.25) is 0 Å². The van der Waals surface area contributed by atoms with Gasteiger partial charge in [-0.05, 0) is 85.3 Å². The van der Waals surface area contributed by atoms with Gasteiger partial charge in [-0.1, -0.05) is 69.7 Å². The third-order valence-electron chi connectivity index (χ3n) is 7.08. The van der Waals surface area contributed by atoms with Crippen LogP contribution in [0.3, 0.4) is 0 Å². The molecule has 0 nitrogen and oxygen atoms in total. The molecule has 1 aliphatic carbocycles. The number of alkyl halides is 3. The highest BCUT2D eigenvalue weighted by atomic mass is 19.4. The van der Waals surface area contributed by atoms with Crippen LogP contribution in [0.2, 0.25) is 0 Å². The number of hydrogen-bond donors (Lipinski definition) is 0. The molecule has 0 spiro atoms. The molecule has 0 atom stereocenters. The summed E-state index contributed by atoms with van der Waals surface area (Å²) in [4.78, 5) is 0. The molecule has 0 heterocycles. The van der Waals surface area contributed by atoms with Gasteiger partial charge in [-0.15, -0.1) is 0 Å². The first kappa shape index (κ1) is 24.8. The van der Waals surface area contributed by atoms with Gasteiger partial charge in [0.05, 0.1) is 5.56 Å². The number of rotatable bonds is 10. The SMILES string of the molecule is CCCCCCCC1CCC(c2ccc(CCc3ccc(C(F)(F)F)cc3)c(F)c2)CC1. The maximum absolute atomic E-state index is 14.7. The van der Waals surface area contributed by atoms with Crippen LogP contribution >= 0.6 is 0 Å². The zero-order chi connectivity index (χ0) is 23.0. The quantitative estimate of drug-likeness (QED) is 0.251. The molecule has 0 bridgehead atoms. The first-order valence-electron chi connectivity index (χ1n) is 12.3. The molecule has 0 aliphatic heterocycles. The summed E-state index contributed by atoms with van der Waals surface area (Å²) in [5, 5.41) is 0. The van der Waals surface area contributed by atoms with E-state index in [0.29, 0.717) is 24.3 Å². The molecule has 0 N–H and O–H groups in total. The van der Waals surface area contributed by atoms with Crippen molar-refractivity contribution in [2.24, 2.45) is 5.92 Å². The molecule has 1 fully saturated rings. The van der Waals surface area contributed by atoms with E-state index in [9.17, 15) is 17.6 Å². The Kier molecular flexibility index (Phi) is 9.19. The van der Waals surface area contributed by atoms with Crippen LogP contribution in [0.5, 0.6) is 0 Å². The minimum atomic E-state index is -4.33. The first-order valence-corrected chi connectivity index (χ1v) is 12.3. The first-order chi connectivity index (χ1) is 15.4. The highest BCUT2D eigenvalue weighted by Gasteiger charge is 2.30. The maximum atomic E-state index is 14.7. The topological polar surface area (TPSA) is 0 Å². The lowest BCUT2D eigenvalue weighted by Crippen LogP contribution is -2.13. The molecule has 0 unspecified atom stereocenters. The fraction of sp³-hybridized carbons (Fsp3) is 0.571. The Hall–Kier alpha value is -1.84. The molecule has 0 amide bonds. The molecule has 0 aromatic heterocycles. The normalized spacial score (nSPS) is 19.3. The molecule has 1 aliphatic rings. The van der Waals surface area contributed by atoms with Crippen molar-refractivity contribution in [2.75, 3.05) is 0 Å². The second kappa shape index (κ2) is 11.9. The highest BCUT2D eigenvalue weighted by Crippen LogP contribution is 2.38. The number of aryl methyl sites for hydroxylation is 2. The summed E-state index contributed by atoms with van der Waals surface area (Å²) >= 11 is 0. The summed E-state index contributed by atoms with van der Waals surface area (Å²) in [6.45, 7) is 2.25. The molecular formula is C28H36F4. The zero-order valence-electron chi connectivity index (χ0n) is 19.2. The Balaban J connectivity index is 1.46. The fourth-order valence-corrected chi connectivity index (χ4v) is 4.98. The fourth-order valence-electron chi connectivity index (χ4n) is 4.98. The Labute approximate surface area is 190 Å². The van der Waals surface area contributed by atoms with Crippen LogP contribution in [-0.2, 0) is 19.0 Å². The van der Waals surface area contributed by atoms with Gasteiger partial charge in [-0.3, -0.25) is 0 Å². The van der Waals surface area contributed by atoms with Crippen molar-refractivity contribution in [3.8, 4) is 0 Å². The Morgan fingerprint density at radius 2 is 1.50 bits per heavy atom. The van der Waals surface area contributed by atoms with Crippen LogP contribution < -0.4 is 0 Å². The van der Waals surface area contributed by atoms with Crippen molar-refractivity contribution in [1.29, 1.82) is 0 Å². The molecule has 4 heteroatoms. The van der Waals surface area contributed by atoms with Gasteiger partial charge < -0.3 is 0 Å². The van der Waals surface area contributed by atoms with Crippen molar-refractivity contribution in [2.45, 2.75) is 96.1 Å².